The molecule has 0 spiro atoms. The molecule has 2 aromatic rings. The first-order valence-electron chi connectivity index (χ1n) is 9.05. The normalized spacial score (nSPS) is 15.8. The smallest absolute Gasteiger partial charge is 0.258 e. The number of benzene rings is 2. The molecule has 0 radical (unpaired) electrons. The van der Waals surface area contributed by atoms with Crippen molar-refractivity contribution in [1.82, 2.24) is 9.21 Å². The van der Waals surface area contributed by atoms with Crippen LogP contribution in [0.15, 0.2) is 47.4 Å². The molecule has 150 valence electrons. The topological polar surface area (TPSA) is 57.7 Å². The monoisotopic (exact) mass is 424 g/mol. The first kappa shape index (κ1) is 20.8. The van der Waals surface area contributed by atoms with Gasteiger partial charge >= 0.3 is 0 Å². The molecule has 8 heteroatoms. The van der Waals surface area contributed by atoms with Crippen molar-refractivity contribution in [2.75, 3.05) is 26.2 Å². The van der Waals surface area contributed by atoms with Gasteiger partial charge in [0.25, 0.3) is 5.91 Å². The van der Waals surface area contributed by atoms with Gasteiger partial charge in [0.15, 0.2) is 0 Å². The van der Waals surface area contributed by atoms with Crippen molar-refractivity contribution in [3.8, 4) is 0 Å². The van der Waals surface area contributed by atoms with Gasteiger partial charge in [-0.1, -0.05) is 43.6 Å². The highest BCUT2D eigenvalue weighted by Crippen LogP contribution is 2.24. The van der Waals surface area contributed by atoms with Crippen molar-refractivity contribution in [3.63, 3.8) is 0 Å². The molecule has 0 aliphatic carbocycles. The molecule has 0 atom stereocenters. The summed E-state index contributed by atoms with van der Waals surface area (Å²) in [5.41, 5.74) is 0.890. The van der Waals surface area contributed by atoms with Crippen LogP contribution in [0.25, 0.3) is 0 Å². The number of sulfonamides is 1. The standard InChI is InChI=1S/C20H22ClFN2O3S/c1-14(2)15-6-8-16(9-7-15)28(26,27)24-12-10-23(11-13-24)20(25)19-17(21)4-3-5-18(19)22/h3-9,14H,10-13H2,1-2H3. The largest absolute Gasteiger partial charge is 0.336 e. The number of halogens is 2. The SMILES string of the molecule is CC(C)c1ccc(S(=O)(=O)N2CCN(C(=O)c3c(F)cccc3Cl)CC2)cc1. The fourth-order valence-corrected chi connectivity index (χ4v) is 4.83. The molecule has 2 aromatic carbocycles. The molecule has 5 nitrogen and oxygen atoms in total. The van der Waals surface area contributed by atoms with E-state index in [2.05, 4.69) is 0 Å². The number of piperazine rings is 1. The zero-order valence-corrected chi connectivity index (χ0v) is 17.3. The van der Waals surface area contributed by atoms with Gasteiger partial charge in [-0.05, 0) is 35.7 Å². The quantitative estimate of drug-likeness (QED) is 0.751. The minimum Gasteiger partial charge on any atom is -0.336 e. The Morgan fingerprint density at radius 2 is 1.64 bits per heavy atom. The summed E-state index contributed by atoms with van der Waals surface area (Å²) in [6.07, 6.45) is 0. The van der Waals surface area contributed by atoms with Crippen LogP contribution in [0.2, 0.25) is 5.02 Å². The maximum atomic E-state index is 14.0. The minimum atomic E-state index is -3.64. The molecule has 1 amide bonds. The van der Waals surface area contributed by atoms with Gasteiger partial charge in [-0.2, -0.15) is 4.31 Å². The Kier molecular flexibility index (Phi) is 6.07. The lowest BCUT2D eigenvalue weighted by atomic mass is 10.0. The van der Waals surface area contributed by atoms with Crippen LogP contribution >= 0.6 is 11.6 Å². The lowest BCUT2D eigenvalue weighted by Crippen LogP contribution is -2.50. The number of carbonyl (C=O) groups is 1. The molecule has 1 saturated heterocycles. The van der Waals surface area contributed by atoms with Crippen LogP contribution in [-0.4, -0.2) is 49.7 Å². The molecular formula is C20H22ClFN2O3S. The van der Waals surface area contributed by atoms with Crippen LogP contribution in [0.5, 0.6) is 0 Å². The summed E-state index contributed by atoms with van der Waals surface area (Å²) in [5, 5.41) is 0.0466. The number of nitrogens with zero attached hydrogens (tertiary/aromatic N) is 2. The van der Waals surface area contributed by atoms with Gasteiger partial charge in [0.05, 0.1) is 15.5 Å². The van der Waals surface area contributed by atoms with Crippen molar-refractivity contribution >= 4 is 27.5 Å². The number of rotatable bonds is 4. The van der Waals surface area contributed by atoms with Crippen LogP contribution < -0.4 is 0 Å². The summed E-state index contributed by atoms with van der Waals surface area (Å²) >= 11 is 5.97. The van der Waals surface area contributed by atoms with E-state index >= 15 is 0 Å². The zero-order valence-electron chi connectivity index (χ0n) is 15.7. The Labute approximate surface area is 169 Å². The van der Waals surface area contributed by atoms with Crippen molar-refractivity contribution < 1.29 is 17.6 Å². The third kappa shape index (κ3) is 4.06. The van der Waals surface area contributed by atoms with Gasteiger partial charge in [-0.15, -0.1) is 0 Å². The van der Waals surface area contributed by atoms with Gasteiger partial charge in [0.2, 0.25) is 10.0 Å². The number of hydrogen-bond donors (Lipinski definition) is 0. The lowest BCUT2D eigenvalue weighted by molar-refractivity contribution is 0.0693. The highest BCUT2D eigenvalue weighted by atomic mass is 35.5. The van der Waals surface area contributed by atoms with Crippen LogP contribution in [0.1, 0.15) is 35.7 Å². The van der Waals surface area contributed by atoms with Crippen molar-refractivity contribution in [3.05, 3.63) is 64.4 Å². The van der Waals surface area contributed by atoms with Gasteiger partial charge in [-0.25, -0.2) is 12.8 Å². The average molecular weight is 425 g/mol. The summed E-state index contributed by atoms with van der Waals surface area (Å²) < 4.78 is 41.1. The fraction of sp³-hybridized carbons (Fsp3) is 0.350. The van der Waals surface area contributed by atoms with E-state index in [9.17, 15) is 17.6 Å². The van der Waals surface area contributed by atoms with E-state index in [4.69, 9.17) is 11.6 Å². The van der Waals surface area contributed by atoms with Gasteiger partial charge in [0, 0.05) is 26.2 Å². The number of amides is 1. The van der Waals surface area contributed by atoms with E-state index in [1.807, 2.05) is 26.0 Å². The third-order valence-electron chi connectivity index (χ3n) is 4.89. The van der Waals surface area contributed by atoms with E-state index in [1.54, 1.807) is 12.1 Å². The molecule has 1 aliphatic rings. The second kappa shape index (κ2) is 8.19. The fourth-order valence-electron chi connectivity index (χ4n) is 3.17. The van der Waals surface area contributed by atoms with Crippen molar-refractivity contribution in [1.29, 1.82) is 0 Å². The van der Waals surface area contributed by atoms with E-state index < -0.39 is 21.7 Å². The predicted molar refractivity (Wildman–Crippen MR) is 107 cm³/mol. The Hall–Kier alpha value is -1.96. The summed E-state index contributed by atoms with van der Waals surface area (Å²) in [7, 11) is -3.64. The molecular weight excluding hydrogens is 403 g/mol. The zero-order chi connectivity index (χ0) is 20.5. The van der Waals surface area contributed by atoms with Crippen LogP contribution in [0.3, 0.4) is 0 Å². The van der Waals surface area contributed by atoms with Crippen molar-refractivity contribution in [2.45, 2.75) is 24.7 Å². The van der Waals surface area contributed by atoms with Crippen LogP contribution in [-0.2, 0) is 10.0 Å². The third-order valence-corrected chi connectivity index (χ3v) is 7.11. The molecule has 1 fully saturated rings. The van der Waals surface area contributed by atoms with E-state index in [-0.39, 0.29) is 41.7 Å². The molecule has 0 N–H and O–H groups in total. The summed E-state index contributed by atoms with van der Waals surface area (Å²) in [4.78, 5) is 14.3. The molecule has 0 aromatic heterocycles. The molecule has 0 unspecified atom stereocenters. The highest BCUT2D eigenvalue weighted by Gasteiger charge is 2.31. The second-order valence-corrected chi connectivity index (χ2v) is 9.36. The minimum absolute atomic E-state index is 0.0466. The molecule has 1 aliphatic heterocycles. The van der Waals surface area contributed by atoms with Gasteiger partial charge in [0.1, 0.15) is 5.82 Å². The summed E-state index contributed by atoms with van der Waals surface area (Å²) in [6, 6.07) is 10.9. The Morgan fingerprint density at radius 3 is 2.18 bits per heavy atom. The maximum Gasteiger partial charge on any atom is 0.258 e. The van der Waals surface area contributed by atoms with Gasteiger partial charge < -0.3 is 4.90 Å². The molecule has 1 heterocycles. The maximum absolute atomic E-state index is 14.0. The Morgan fingerprint density at radius 1 is 1.04 bits per heavy atom. The predicted octanol–water partition coefficient (Wildman–Crippen LogP) is 3.75. The molecule has 0 bridgehead atoms. The lowest BCUT2D eigenvalue weighted by Gasteiger charge is -2.34. The van der Waals surface area contributed by atoms with E-state index in [0.29, 0.717) is 5.92 Å². The average Bonchev–Trinajstić information content (AvgIpc) is 2.68. The highest BCUT2D eigenvalue weighted by molar-refractivity contribution is 7.89. The Balaban J connectivity index is 1.71. The molecule has 28 heavy (non-hydrogen) atoms. The van der Waals surface area contributed by atoms with E-state index in [0.717, 1.165) is 5.56 Å². The molecule has 0 saturated carbocycles. The summed E-state index contributed by atoms with van der Waals surface area (Å²) in [6.45, 7) is 4.72. The van der Waals surface area contributed by atoms with Crippen LogP contribution in [0.4, 0.5) is 4.39 Å². The first-order chi connectivity index (χ1) is 13.2. The number of carbonyl (C=O) groups excluding carboxylic acids is 1. The number of hydrogen-bond acceptors (Lipinski definition) is 3. The molecule has 3 rings (SSSR count). The van der Waals surface area contributed by atoms with Gasteiger partial charge in [-0.3, -0.25) is 4.79 Å². The summed E-state index contributed by atoms with van der Waals surface area (Å²) in [5.74, 6) is -0.893. The first-order valence-corrected chi connectivity index (χ1v) is 10.9. The Bertz CT molecular complexity index is 949. The van der Waals surface area contributed by atoms with E-state index in [1.165, 1.54) is 27.4 Å². The second-order valence-electron chi connectivity index (χ2n) is 7.02. The van der Waals surface area contributed by atoms with Crippen molar-refractivity contribution in [2.24, 2.45) is 0 Å². The van der Waals surface area contributed by atoms with Crippen LogP contribution in [0, 0.1) is 5.82 Å².